The van der Waals surface area contributed by atoms with Crippen LogP contribution in [0.4, 0.5) is 4.39 Å². The Bertz CT molecular complexity index is 1150. The number of likely N-dealkylation sites (tertiary alicyclic amines) is 1. The number of carbonyl (C=O) groups excluding carboxylic acids is 1. The monoisotopic (exact) mass is 445 g/mol. The van der Waals surface area contributed by atoms with Gasteiger partial charge in [-0.3, -0.25) is 14.2 Å². The van der Waals surface area contributed by atoms with Gasteiger partial charge < -0.3 is 4.90 Å². The number of piperidine rings is 1. The lowest BCUT2D eigenvalue weighted by Crippen LogP contribution is -2.43. The number of aryl methyl sites for hydroxylation is 1. The highest BCUT2D eigenvalue weighted by atomic mass is 32.2. The maximum atomic E-state index is 13.6. The molecule has 1 saturated heterocycles. The standard InChI is InChI=1S/C22H24FN3O2S2/c1-13-8-14(2)11-25(10-13)19(27)12-30-22-24-17-6-7-29-20(17)21(28)26(22)18-5-4-16(23)9-15(18)3/h4-7,9,13-14H,8,10-12H2,1-3H3/t13-,14-/m0/s1. The normalized spacial score (nSPS) is 19.4. The van der Waals surface area contributed by atoms with Crippen molar-refractivity contribution in [2.75, 3.05) is 18.8 Å². The molecule has 1 aliphatic rings. The van der Waals surface area contributed by atoms with Crippen LogP contribution in [-0.2, 0) is 4.79 Å². The summed E-state index contributed by atoms with van der Waals surface area (Å²) in [5, 5.41) is 2.28. The van der Waals surface area contributed by atoms with E-state index in [0.717, 1.165) is 19.5 Å². The summed E-state index contributed by atoms with van der Waals surface area (Å²) in [5.41, 5.74) is 1.65. The largest absolute Gasteiger partial charge is 0.341 e. The van der Waals surface area contributed by atoms with Gasteiger partial charge in [0.1, 0.15) is 10.5 Å². The van der Waals surface area contributed by atoms with Gasteiger partial charge in [-0.05, 0) is 60.4 Å². The molecule has 0 N–H and O–H groups in total. The average molecular weight is 446 g/mol. The third-order valence-electron chi connectivity index (χ3n) is 5.40. The first-order valence-corrected chi connectivity index (χ1v) is 11.9. The predicted molar refractivity (Wildman–Crippen MR) is 120 cm³/mol. The fourth-order valence-corrected chi connectivity index (χ4v) is 5.82. The summed E-state index contributed by atoms with van der Waals surface area (Å²) in [6, 6.07) is 6.14. The summed E-state index contributed by atoms with van der Waals surface area (Å²) in [6.07, 6.45) is 1.14. The van der Waals surface area contributed by atoms with E-state index in [0.29, 0.717) is 38.5 Å². The maximum absolute atomic E-state index is 13.6. The summed E-state index contributed by atoms with van der Waals surface area (Å²) < 4.78 is 15.7. The Hall–Kier alpha value is -2.19. The second-order valence-corrected chi connectivity index (χ2v) is 9.99. The van der Waals surface area contributed by atoms with Crippen molar-refractivity contribution in [3.05, 3.63) is 51.4 Å². The minimum Gasteiger partial charge on any atom is -0.341 e. The number of aromatic nitrogens is 2. The fourth-order valence-electron chi connectivity index (χ4n) is 4.16. The highest BCUT2D eigenvalue weighted by Gasteiger charge is 2.26. The third-order valence-corrected chi connectivity index (χ3v) is 7.21. The lowest BCUT2D eigenvalue weighted by molar-refractivity contribution is -0.130. The van der Waals surface area contributed by atoms with Crippen molar-refractivity contribution in [3.63, 3.8) is 0 Å². The second kappa shape index (κ2) is 8.51. The van der Waals surface area contributed by atoms with Crippen LogP contribution < -0.4 is 5.56 Å². The molecular weight excluding hydrogens is 421 g/mol. The minimum atomic E-state index is -0.354. The van der Waals surface area contributed by atoms with Crippen molar-refractivity contribution in [2.24, 2.45) is 11.8 Å². The Kier molecular flexibility index (Phi) is 5.97. The SMILES string of the molecule is Cc1cc(F)ccc1-n1c(SCC(=O)N2C[C@@H](C)C[C@H](C)C2)nc2ccsc2c1=O. The van der Waals surface area contributed by atoms with Crippen molar-refractivity contribution in [1.82, 2.24) is 14.5 Å². The second-order valence-electron chi connectivity index (χ2n) is 8.13. The molecule has 1 aliphatic heterocycles. The topological polar surface area (TPSA) is 55.2 Å². The molecule has 5 nitrogen and oxygen atoms in total. The Morgan fingerprint density at radius 3 is 2.70 bits per heavy atom. The first kappa shape index (κ1) is 21.1. The number of halogens is 1. The van der Waals surface area contributed by atoms with E-state index in [1.165, 1.54) is 39.8 Å². The van der Waals surface area contributed by atoms with Crippen LogP contribution in [0.1, 0.15) is 25.8 Å². The van der Waals surface area contributed by atoms with Gasteiger partial charge in [0.25, 0.3) is 5.56 Å². The fraction of sp³-hybridized carbons (Fsp3) is 0.409. The zero-order valence-electron chi connectivity index (χ0n) is 17.2. The van der Waals surface area contributed by atoms with Crippen molar-refractivity contribution >= 4 is 39.2 Å². The van der Waals surface area contributed by atoms with Gasteiger partial charge in [-0.25, -0.2) is 9.37 Å². The molecule has 0 saturated carbocycles. The minimum absolute atomic E-state index is 0.0560. The summed E-state index contributed by atoms with van der Waals surface area (Å²) in [5.74, 6) is 0.889. The molecule has 0 aliphatic carbocycles. The van der Waals surface area contributed by atoms with E-state index in [4.69, 9.17) is 0 Å². The van der Waals surface area contributed by atoms with E-state index < -0.39 is 0 Å². The number of carbonyl (C=O) groups is 1. The summed E-state index contributed by atoms with van der Waals surface area (Å²) in [4.78, 5) is 32.6. The van der Waals surface area contributed by atoms with Crippen LogP contribution in [0.5, 0.6) is 0 Å². The van der Waals surface area contributed by atoms with Crippen molar-refractivity contribution in [2.45, 2.75) is 32.3 Å². The highest BCUT2D eigenvalue weighted by Crippen LogP contribution is 2.27. The van der Waals surface area contributed by atoms with Crippen LogP contribution in [-0.4, -0.2) is 39.2 Å². The Morgan fingerprint density at radius 2 is 2.00 bits per heavy atom. The van der Waals surface area contributed by atoms with Crippen LogP contribution in [0.25, 0.3) is 15.9 Å². The molecule has 0 spiro atoms. The highest BCUT2D eigenvalue weighted by molar-refractivity contribution is 7.99. The van der Waals surface area contributed by atoms with E-state index in [1.807, 2.05) is 16.3 Å². The van der Waals surface area contributed by atoms with E-state index in [-0.39, 0.29) is 23.0 Å². The van der Waals surface area contributed by atoms with Gasteiger partial charge in [0, 0.05) is 13.1 Å². The number of thioether (sulfide) groups is 1. The van der Waals surface area contributed by atoms with Crippen LogP contribution in [0.15, 0.2) is 39.6 Å². The number of amides is 1. The van der Waals surface area contributed by atoms with Crippen LogP contribution in [0.3, 0.4) is 0 Å². The first-order valence-electron chi connectivity index (χ1n) is 10.0. The van der Waals surface area contributed by atoms with Gasteiger partial charge in [0.05, 0.1) is 17.0 Å². The Morgan fingerprint density at radius 1 is 1.27 bits per heavy atom. The van der Waals surface area contributed by atoms with E-state index in [1.54, 1.807) is 13.0 Å². The van der Waals surface area contributed by atoms with Gasteiger partial charge in [0.15, 0.2) is 5.16 Å². The van der Waals surface area contributed by atoms with Crippen LogP contribution >= 0.6 is 23.1 Å². The third kappa shape index (κ3) is 4.16. The molecule has 2 atom stereocenters. The van der Waals surface area contributed by atoms with E-state index >= 15 is 0 Å². The average Bonchev–Trinajstić information content (AvgIpc) is 3.15. The van der Waals surface area contributed by atoms with Gasteiger partial charge in [-0.15, -0.1) is 11.3 Å². The summed E-state index contributed by atoms with van der Waals surface area (Å²) >= 11 is 2.60. The Balaban J connectivity index is 1.68. The molecule has 0 radical (unpaired) electrons. The molecule has 158 valence electrons. The number of rotatable bonds is 4. The number of hydrogen-bond donors (Lipinski definition) is 0. The molecule has 1 aromatic carbocycles. The molecule has 1 amide bonds. The lowest BCUT2D eigenvalue weighted by Gasteiger charge is -2.35. The molecule has 0 unspecified atom stereocenters. The predicted octanol–water partition coefficient (Wildman–Crippen LogP) is 4.49. The number of benzene rings is 1. The molecule has 1 fully saturated rings. The number of thiophene rings is 1. The molecule has 3 aromatic rings. The Labute approximate surface area is 182 Å². The van der Waals surface area contributed by atoms with Crippen LogP contribution in [0, 0.1) is 24.6 Å². The van der Waals surface area contributed by atoms with Gasteiger partial charge in [0.2, 0.25) is 5.91 Å². The van der Waals surface area contributed by atoms with Gasteiger partial charge >= 0.3 is 0 Å². The first-order chi connectivity index (χ1) is 14.3. The molecule has 2 aromatic heterocycles. The smallest absolute Gasteiger partial charge is 0.276 e. The molecular formula is C22H24FN3O2S2. The molecule has 30 heavy (non-hydrogen) atoms. The number of nitrogens with zero attached hydrogens (tertiary/aromatic N) is 3. The van der Waals surface area contributed by atoms with E-state index in [9.17, 15) is 14.0 Å². The summed E-state index contributed by atoms with van der Waals surface area (Å²) in [7, 11) is 0. The number of fused-ring (bicyclic) bond motifs is 1. The van der Waals surface area contributed by atoms with Gasteiger partial charge in [-0.2, -0.15) is 0 Å². The van der Waals surface area contributed by atoms with Crippen molar-refractivity contribution in [1.29, 1.82) is 0 Å². The molecule has 4 rings (SSSR count). The summed E-state index contributed by atoms with van der Waals surface area (Å²) in [6.45, 7) is 7.64. The molecule has 8 heteroatoms. The van der Waals surface area contributed by atoms with Crippen LogP contribution in [0.2, 0.25) is 0 Å². The quantitative estimate of drug-likeness (QED) is 0.439. The maximum Gasteiger partial charge on any atom is 0.276 e. The van der Waals surface area contributed by atoms with Crippen molar-refractivity contribution in [3.8, 4) is 5.69 Å². The number of hydrogen-bond acceptors (Lipinski definition) is 5. The molecule has 0 bridgehead atoms. The zero-order chi connectivity index (χ0) is 21.4. The zero-order valence-corrected chi connectivity index (χ0v) is 18.9. The molecule has 3 heterocycles. The van der Waals surface area contributed by atoms with Gasteiger partial charge in [-0.1, -0.05) is 25.6 Å². The lowest BCUT2D eigenvalue weighted by atomic mass is 9.92. The van der Waals surface area contributed by atoms with Crippen molar-refractivity contribution < 1.29 is 9.18 Å². The van der Waals surface area contributed by atoms with E-state index in [2.05, 4.69) is 18.8 Å².